The van der Waals surface area contributed by atoms with Gasteiger partial charge in [0.2, 0.25) is 5.91 Å². The van der Waals surface area contributed by atoms with Crippen LogP contribution in [0, 0.1) is 0 Å². The molecule has 2 aromatic carbocycles. The zero-order chi connectivity index (χ0) is 19.2. The molecule has 1 atom stereocenters. The Hall–Kier alpha value is -1.98. The van der Waals surface area contributed by atoms with E-state index in [-0.39, 0.29) is 11.3 Å². The number of amides is 1. The van der Waals surface area contributed by atoms with Gasteiger partial charge < -0.3 is 9.64 Å². The van der Waals surface area contributed by atoms with Crippen LogP contribution >= 0.6 is 11.8 Å². The normalized spacial score (nSPS) is 20.5. The van der Waals surface area contributed by atoms with E-state index < -0.39 is 0 Å². The van der Waals surface area contributed by atoms with Crippen molar-refractivity contribution in [2.45, 2.75) is 31.2 Å². The second-order valence-corrected chi connectivity index (χ2v) is 8.56. The van der Waals surface area contributed by atoms with Crippen molar-refractivity contribution in [2.75, 3.05) is 32.0 Å². The van der Waals surface area contributed by atoms with Gasteiger partial charge in [-0.2, -0.15) is 0 Å². The third-order valence-corrected chi connectivity index (χ3v) is 6.69. The summed E-state index contributed by atoms with van der Waals surface area (Å²) in [6.07, 6.45) is 3.97. The standard InChI is InChI=1S/C23H28N2O2S/c26-22-18-28-23(25(22)17-19-8-3-1-4-9-19)20-10-7-11-21(16-20)27-15-14-24-12-5-2-6-13-24/h1,3-4,7-11,16,23H,2,5-6,12-15,17-18H2. The largest absolute Gasteiger partial charge is 0.492 e. The van der Waals surface area contributed by atoms with Gasteiger partial charge in [-0.25, -0.2) is 0 Å². The van der Waals surface area contributed by atoms with Crippen LogP contribution in [-0.2, 0) is 11.3 Å². The fourth-order valence-electron chi connectivity index (χ4n) is 3.91. The average Bonchev–Trinajstić information content (AvgIpc) is 3.10. The molecule has 2 heterocycles. The highest BCUT2D eigenvalue weighted by molar-refractivity contribution is 8.00. The number of carbonyl (C=O) groups excluding carboxylic acids is 1. The Morgan fingerprint density at radius 2 is 1.82 bits per heavy atom. The van der Waals surface area contributed by atoms with Crippen LogP contribution in [-0.4, -0.2) is 47.7 Å². The summed E-state index contributed by atoms with van der Waals surface area (Å²) in [5.74, 6) is 1.64. The Kier molecular flexibility index (Phi) is 6.55. The average molecular weight is 397 g/mol. The van der Waals surface area contributed by atoms with Crippen molar-refractivity contribution >= 4 is 17.7 Å². The number of likely N-dealkylation sites (tertiary alicyclic amines) is 1. The minimum Gasteiger partial charge on any atom is -0.492 e. The first-order valence-corrected chi connectivity index (χ1v) is 11.2. The Morgan fingerprint density at radius 3 is 2.64 bits per heavy atom. The van der Waals surface area contributed by atoms with E-state index in [4.69, 9.17) is 4.74 Å². The van der Waals surface area contributed by atoms with Gasteiger partial charge in [0.25, 0.3) is 0 Å². The topological polar surface area (TPSA) is 32.8 Å². The molecular formula is C23H28N2O2S. The van der Waals surface area contributed by atoms with E-state index in [1.165, 1.54) is 32.4 Å². The van der Waals surface area contributed by atoms with Crippen molar-refractivity contribution in [1.29, 1.82) is 0 Å². The summed E-state index contributed by atoms with van der Waals surface area (Å²) in [5.41, 5.74) is 2.31. The number of nitrogens with zero attached hydrogens (tertiary/aromatic N) is 2. The first-order chi connectivity index (χ1) is 13.8. The van der Waals surface area contributed by atoms with Crippen LogP contribution in [0.1, 0.15) is 35.8 Å². The number of piperidine rings is 1. The van der Waals surface area contributed by atoms with Crippen LogP contribution in [0.15, 0.2) is 54.6 Å². The molecule has 4 rings (SSSR count). The zero-order valence-electron chi connectivity index (χ0n) is 16.3. The van der Waals surface area contributed by atoms with Gasteiger partial charge in [-0.15, -0.1) is 11.8 Å². The molecule has 2 aromatic rings. The van der Waals surface area contributed by atoms with Crippen molar-refractivity contribution < 1.29 is 9.53 Å². The van der Waals surface area contributed by atoms with Crippen LogP contribution in [0.4, 0.5) is 0 Å². The number of hydrogen-bond acceptors (Lipinski definition) is 4. The molecule has 2 aliphatic heterocycles. The van der Waals surface area contributed by atoms with Gasteiger partial charge in [-0.05, 0) is 49.2 Å². The van der Waals surface area contributed by atoms with Gasteiger partial charge in [-0.1, -0.05) is 48.9 Å². The summed E-state index contributed by atoms with van der Waals surface area (Å²) < 4.78 is 6.03. The smallest absolute Gasteiger partial charge is 0.234 e. The maximum atomic E-state index is 12.5. The molecule has 5 heteroatoms. The quantitative estimate of drug-likeness (QED) is 0.698. The van der Waals surface area contributed by atoms with E-state index in [0.29, 0.717) is 18.9 Å². The lowest BCUT2D eigenvalue weighted by Gasteiger charge is -2.26. The molecule has 1 amide bonds. The highest BCUT2D eigenvalue weighted by Crippen LogP contribution is 2.40. The third kappa shape index (κ3) is 4.89. The van der Waals surface area contributed by atoms with Gasteiger partial charge in [0.05, 0.1) is 5.75 Å². The van der Waals surface area contributed by atoms with Crippen molar-refractivity contribution in [1.82, 2.24) is 9.80 Å². The van der Waals surface area contributed by atoms with Crippen molar-refractivity contribution in [3.05, 3.63) is 65.7 Å². The van der Waals surface area contributed by atoms with E-state index in [1.807, 2.05) is 35.2 Å². The van der Waals surface area contributed by atoms with Gasteiger partial charge in [0.1, 0.15) is 17.7 Å². The van der Waals surface area contributed by atoms with E-state index in [1.54, 1.807) is 11.8 Å². The molecule has 28 heavy (non-hydrogen) atoms. The number of ether oxygens (including phenoxy) is 1. The second-order valence-electron chi connectivity index (χ2n) is 7.49. The van der Waals surface area contributed by atoms with Crippen LogP contribution in [0.2, 0.25) is 0 Å². The Labute approximate surface area is 171 Å². The Bertz CT molecular complexity index is 777. The molecule has 0 aliphatic carbocycles. The van der Waals surface area contributed by atoms with Crippen molar-refractivity contribution in [3.8, 4) is 5.75 Å². The molecule has 0 N–H and O–H groups in total. The summed E-state index contributed by atoms with van der Waals surface area (Å²) in [6.45, 7) is 4.74. The molecule has 0 bridgehead atoms. The number of carbonyl (C=O) groups is 1. The van der Waals surface area contributed by atoms with E-state index in [2.05, 4.69) is 29.2 Å². The molecule has 2 fully saturated rings. The number of benzene rings is 2. The maximum absolute atomic E-state index is 12.5. The van der Waals surface area contributed by atoms with Crippen LogP contribution < -0.4 is 4.74 Å². The molecule has 0 saturated carbocycles. The summed E-state index contributed by atoms with van der Waals surface area (Å²) in [5, 5.41) is 0.0540. The summed E-state index contributed by atoms with van der Waals surface area (Å²) in [4.78, 5) is 16.9. The lowest BCUT2D eigenvalue weighted by Crippen LogP contribution is -2.33. The van der Waals surface area contributed by atoms with Gasteiger partial charge in [0.15, 0.2) is 0 Å². The number of thioether (sulfide) groups is 1. The molecule has 4 nitrogen and oxygen atoms in total. The second kappa shape index (κ2) is 9.48. The molecule has 0 spiro atoms. The van der Waals surface area contributed by atoms with Crippen molar-refractivity contribution in [3.63, 3.8) is 0 Å². The third-order valence-electron chi connectivity index (χ3n) is 5.43. The monoisotopic (exact) mass is 396 g/mol. The maximum Gasteiger partial charge on any atom is 0.234 e. The number of hydrogen-bond donors (Lipinski definition) is 0. The lowest BCUT2D eigenvalue weighted by molar-refractivity contribution is -0.128. The SMILES string of the molecule is O=C1CSC(c2cccc(OCCN3CCCCC3)c2)N1Cc1ccccc1. The first-order valence-electron chi connectivity index (χ1n) is 10.2. The van der Waals surface area contributed by atoms with Crippen molar-refractivity contribution in [2.24, 2.45) is 0 Å². The molecule has 0 radical (unpaired) electrons. The first kappa shape index (κ1) is 19.3. The predicted molar refractivity (Wildman–Crippen MR) is 114 cm³/mol. The van der Waals surface area contributed by atoms with Crippen LogP contribution in [0.25, 0.3) is 0 Å². The minimum absolute atomic E-state index is 0.0540. The van der Waals surface area contributed by atoms with E-state index >= 15 is 0 Å². The predicted octanol–water partition coefficient (Wildman–Crippen LogP) is 4.33. The number of rotatable bonds is 7. The fourth-order valence-corrected chi connectivity index (χ4v) is 5.09. The van der Waals surface area contributed by atoms with Crippen LogP contribution in [0.3, 0.4) is 0 Å². The summed E-state index contributed by atoms with van der Waals surface area (Å²) in [7, 11) is 0. The Balaban J connectivity index is 1.38. The molecule has 2 aliphatic rings. The molecule has 148 valence electrons. The van der Waals surface area contributed by atoms with E-state index in [9.17, 15) is 4.79 Å². The van der Waals surface area contributed by atoms with E-state index in [0.717, 1.165) is 23.4 Å². The molecular weight excluding hydrogens is 368 g/mol. The van der Waals surface area contributed by atoms with Crippen LogP contribution in [0.5, 0.6) is 5.75 Å². The highest BCUT2D eigenvalue weighted by atomic mass is 32.2. The zero-order valence-corrected chi connectivity index (χ0v) is 17.1. The summed E-state index contributed by atoms with van der Waals surface area (Å²) >= 11 is 1.70. The highest BCUT2D eigenvalue weighted by Gasteiger charge is 2.32. The molecule has 2 saturated heterocycles. The minimum atomic E-state index is 0.0540. The van der Waals surface area contributed by atoms with Gasteiger partial charge in [-0.3, -0.25) is 9.69 Å². The summed E-state index contributed by atoms with van der Waals surface area (Å²) in [6, 6.07) is 18.5. The molecule has 1 unspecified atom stereocenters. The fraction of sp³-hybridized carbons (Fsp3) is 0.435. The van der Waals surface area contributed by atoms with Gasteiger partial charge in [0, 0.05) is 13.1 Å². The molecule has 0 aromatic heterocycles. The lowest BCUT2D eigenvalue weighted by atomic mass is 10.1. The Morgan fingerprint density at radius 1 is 1.00 bits per heavy atom. The van der Waals surface area contributed by atoms with Gasteiger partial charge >= 0.3 is 0 Å².